The summed E-state index contributed by atoms with van der Waals surface area (Å²) >= 11 is 0. The summed E-state index contributed by atoms with van der Waals surface area (Å²) in [5.41, 5.74) is 0.706. The molecule has 0 aliphatic carbocycles. The molecule has 1 aliphatic rings. The van der Waals surface area contributed by atoms with Crippen LogP contribution >= 0.6 is 0 Å². The van der Waals surface area contributed by atoms with Crippen LogP contribution in [-0.4, -0.2) is 17.2 Å². The van der Waals surface area contributed by atoms with Gasteiger partial charge in [0.1, 0.15) is 6.10 Å². The zero-order chi connectivity index (χ0) is 7.72. The first-order valence-electron chi connectivity index (χ1n) is 2.88. The standard InChI is InChI=1S/C7H8O3/c1-4(2)6-3-5(8)7(9)10-6/h3,6,8H,1H2,2H3. The van der Waals surface area contributed by atoms with Gasteiger partial charge in [0.05, 0.1) is 0 Å². The molecule has 1 N–H and O–H groups in total. The van der Waals surface area contributed by atoms with Crippen molar-refractivity contribution in [3.05, 3.63) is 24.0 Å². The largest absolute Gasteiger partial charge is 0.502 e. The lowest BCUT2D eigenvalue weighted by Crippen LogP contribution is -2.08. The van der Waals surface area contributed by atoms with Crippen molar-refractivity contribution in [3.8, 4) is 0 Å². The van der Waals surface area contributed by atoms with E-state index in [-0.39, 0.29) is 5.76 Å². The predicted octanol–water partition coefficient (Wildman–Crippen LogP) is 0.930. The highest BCUT2D eigenvalue weighted by Gasteiger charge is 2.24. The molecule has 3 heteroatoms. The van der Waals surface area contributed by atoms with Crippen LogP contribution in [0.15, 0.2) is 24.0 Å². The molecule has 0 radical (unpaired) electrons. The number of aliphatic hydroxyl groups is 1. The van der Waals surface area contributed by atoms with Crippen LogP contribution in [0.2, 0.25) is 0 Å². The fourth-order valence-electron chi connectivity index (χ4n) is 0.664. The van der Waals surface area contributed by atoms with Crippen molar-refractivity contribution in [1.82, 2.24) is 0 Å². The lowest BCUT2D eigenvalue weighted by Gasteiger charge is -2.04. The number of carbonyl (C=O) groups excluding carboxylic acids is 1. The highest BCUT2D eigenvalue weighted by Crippen LogP contribution is 2.16. The highest BCUT2D eigenvalue weighted by molar-refractivity contribution is 5.88. The number of rotatable bonds is 1. The molecule has 0 saturated carbocycles. The average molecular weight is 140 g/mol. The Morgan fingerprint density at radius 2 is 2.50 bits per heavy atom. The summed E-state index contributed by atoms with van der Waals surface area (Å²) in [7, 11) is 0. The summed E-state index contributed by atoms with van der Waals surface area (Å²) in [6.45, 7) is 5.30. The number of carbonyl (C=O) groups is 1. The summed E-state index contributed by atoms with van der Waals surface area (Å²) < 4.78 is 4.65. The molecule has 54 valence electrons. The maximum Gasteiger partial charge on any atom is 0.374 e. The topological polar surface area (TPSA) is 46.5 Å². The highest BCUT2D eigenvalue weighted by atomic mass is 16.6. The van der Waals surface area contributed by atoms with Crippen LogP contribution in [0, 0.1) is 0 Å². The van der Waals surface area contributed by atoms with Gasteiger partial charge in [0, 0.05) is 6.08 Å². The minimum absolute atomic E-state index is 0.326. The van der Waals surface area contributed by atoms with E-state index in [0.29, 0.717) is 5.57 Å². The van der Waals surface area contributed by atoms with Crippen molar-refractivity contribution in [2.45, 2.75) is 13.0 Å². The Balaban J connectivity index is 2.74. The third kappa shape index (κ3) is 1.03. The molecular weight excluding hydrogens is 132 g/mol. The van der Waals surface area contributed by atoms with Gasteiger partial charge in [-0.05, 0) is 12.5 Å². The Kier molecular flexibility index (Phi) is 1.49. The van der Waals surface area contributed by atoms with Crippen molar-refractivity contribution in [2.75, 3.05) is 0 Å². The second-order valence-corrected chi connectivity index (χ2v) is 2.22. The number of hydrogen-bond acceptors (Lipinski definition) is 3. The van der Waals surface area contributed by atoms with Crippen molar-refractivity contribution < 1.29 is 14.6 Å². The van der Waals surface area contributed by atoms with Crippen molar-refractivity contribution in [3.63, 3.8) is 0 Å². The van der Waals surface area contributed by atoms with E-state index in [1.165, 1.54) is 6.08 Å². The Hall–Kier alpha value is -1.25. The minimum atomic E-state index is -0.673. The van der Waals surface area contributed by atoms with Crippen LogP contribution in [0.5, 0.6) is 0 Å². The molecule has 0 amide bonds. The lowest BCUT2D eigenvalue weighted by molar-refractivity contribution is -0.140. The SMILES string of the molecule is C=C(C)C1C=C(O)C(=O)O1. The van der Waals surface area contributed by atoms with Gasteiger partial charge in [-0.3, -0.25) is 0 Å². The molecular formula is C7H8O3. The maximum atomic E-state index is 10.5. The van der Waals surface area contributed by atoms with Gasteiger partial charge in [-0.15, -0.1) is 0 Å². The number of hydrogen-bond donors (Lipinski definition) is 1. The lowest BCUT2D eigenvalue weighted by atomic mass is 10.2. The molecule has 0 spiro atoms. The van der Waals surface area contributed by atoms with Crippen LogP contribution in [-0.2, 0) is 9.53 Å². The zero-order valence-electron chi connectivity index (χ0n) is 5.63. The average Bonchev–Trinajstić information content (AvgIpc) is 2.13. The molecule has 0 aromatic heterocycles. The molecule has 10 heavy (non-hydrogen) atoms. The predicted molar refractivity (Wildman–Crippen MR) is 35.4 cm³/mol. The smallest absolute Gasteiger partial charge is 0.374 e. The molecule has 1 rings (SSSR count). The maximum absolute atomic E-state index is 10.5. The molecule has 1 aliphatic heterocycles. The van der Waals surface area contributed by atoms with E-state index >= 15 is 0 Å². The van der Waals surface area contributed by atoms with E-state index in [2.05, 4.69) is 11.3 Å². The Morgan fingerprint density at radius 1 is 1.90 bits per heavy atom. The van der Waals surface area contributed by atoms with E-state index in [9.17, 15) is 4.79 Å². The first kappa shape index (κ1) is 6.86. The number of ether oxygens (including phenoxy) is 1. The molecule has 0 fully saturated rings. The zero-order valence-corrected chi connectivity index (χ0v) is 5.63. The number of cyclic esters (lactones) is 1. The normalized spacial score (nSPS) is 23.9. The van der Waals surface area contributed by atoms with Crippen LogP contribution in [0.1, 0.15) is 6.92 Å². The fourth-order valence-corrected chi connectivity index (χ4v) is 0.664. The van der Waals surface area contributed by atoms with Crippen LogP contribution in [0.25, 0.3) is 0 Å². The van der Waals surface area contributed by atoms with Crippen molar-refractivity contribution in [1.29, 1.82) is 0 Å². The second kappa shape index (κ2) is 2.17. The Labute approximate surface area is 58.6 Å². The van der Waals surface area contributed by atoms with Gasteiger partial charge < -0.3 is 9.84 Å². The number of esters is 1. The van der Waals surface area contributed by atoms with Crippen molar-refractivity contribution in [2.24, 2.45) is 0 Å². The van der Waals surface area contributed by atoms with Crippen LogP contribution in [0.4, 0.5) is 0 Å². The quantitative estimate of drug-likeness (QED) is 0.435. The van der Waals surface area contributed by atoms with Gasteiger partial charge in [-0.2, -0.15) is 0 Å². The van der Waals surface area contributed by atoms with E-state index in [1.807, 2.05) is 0 Å². The van der Waals surface area contributed by atoms with Gasteiger partial charge in [-0.1, -0.05) is 6.58 Å². The van der Waals surface area contributed by atoms with Gasteiger partial charge in [0.25, 0.3) is 0 Å². The van der Waals surface area contributed by atoms with E-state index in [0.717, 1.165) is 0 Å². The first-order valence-corrected chi connectivity index (χ1v) is 2.88. The Bertz CT molecular complexity index is 215. The molecule has 1 unspecified atom stereocenters. The molecule has 0 aromatic carbocycles. The fraction of sp³-hybridized carbons (Fsp3) is 0.286. The minimum Gasteiger partial charge on any atom is -0.502 e. The van der Waals surface area contributed by atoms with Gasteiger partial charge in [0.15, 0.2) is 0 Å². The molecule has 0 bridgehead atoms. The molecule has 0 aromatic rings. The van der Waals surface area contributed by atoms with Crippen LogP contribution in [0.3, 0.4) is 0 Å². The van der Waals surface area contributed by atoms with Gasteiger partial charge >= 0.3 is 5.97 Å². The molecule has 3 nitrogen and oxygen atoms in total. The summed E-state index contributed by atoms with van der Waals surface area (Å²) in [6.07, 6.45) is 0.900. The molecule has 1 heterocycles. The van der Waals surface area contributed by atoms with Gasteiger partial charge in [-0.25, -0.2) is 4.79 Å². The van der Waals surface area contributed by atoms with E-state index in [1.54, 1.807) is 6.92 Å². The second-order valence-electron chi connectivity index (χ2n) is 2.22. The third-order valence-corrected chi connectivity index (χ3v) is 1.24. The van der Waals surface area contributed by atoms with Crippen LogP contribution < -0.4 is 0 Å². The Morgan fingerprint density at radius 3 is 2.70 bits per heavy atom. The van der Waals surface area contributed by atoms with Crippen molar-refractivity contribution >= 4 is 5.97 Å². The van der Waals surface area contributed by atoms with Gasteiger partial charge in [0.2, 0.25) is 5.76 Å². The summed E-state index contributed by atoms with van der Waals surface area (Å²) in [6, 6.07) is 0. The molecule has 1 atom stereocenters. The summed E-state index contributed by atoms with van der Waals surface area (Å²) in [5.74, 6) is -0.999. The summed E-state index contributed by atoms with van der Waals surface area (Å²) in [4.78, 5) is 10.5. The van der Waals surface area contributed by atoms with E-state index < -0.39 is 12.1 Å². The first-order chi connectivity index (χ1) is 4.61. The molecule has 0 saturated heterocycles. The summed E-state index contributed by atoms with van der Waals surface area (Å²) in [5, 5.41) is 8.76. The third-order valence-electron chi connectivity index (χ3n) is 1.24. The number of aliphatic hydroxyl groups excluding tert-OH is 1. The van der Waals surface area contributed by atoms with E-state index in [4.69, 9.17) is 5.11 Å². The monoisotopic (exact) mass is 140 g/mol.